The second-order valence-electron chi connectivity index (χ2n) is 7.47. The molecule has 4 aromatic carbocycles. The molecule has 1 amide bonds. The highest BCUT2D eigenvalue weighted by molar-refractivity contribution is 6.07. The Morgan fingerprint density at radius 1 is 0.688 bits per heavy atom. The number of amides is 1. The molecule has 32 heavy (non-hydrogen) atoms. The predicted molar refractivity (Wildman–Crippen MR) is 130 cm³/mol. The van der Waals surface area contributed by atoms with Gasteiger partial charge in [0.05, 0.1) is 14.2 Å². The van der Waals surface area contributed by atoms with Crippen LogP contribution in [0.15, 0.2) is 91.0 Å². The van der Waals surface area contributed by atoms with Gasteiger partial charge in [-0.05, 0) is 65.6 Å². The smallest absolute Gasteiger partial charge is 0.255 e. The molecule has 4 aromatic rings. The van der Waals surface area contributed by atoms with Gasteiger partial charge in [-0.1, -0.05) is 54.6 Å². The molecule has 0 fully saturated rings. The molecule has 0 atom stereocenters. The van der Waals surface area contributed by atoms with Gasteiger partial charge in [0.1, 0.15) is 0 Å². The number of hydrogen-bond donors (Lipinski definition) is 1. The summed E-state index contributed by atoms with van der Waals surface area (Å²) in [6.45, 7) is 2.07. The second kappa shape index (κ2) is 9.40. The van der Waals surface area contributed by atoms with Crippen LogP contribution in [-0.2, 0) is 0 Å². The van der Waals surface area contributed by atoms with Gasteiger partial charge in [-0.15, -0.1) is 0 Å². The van der Waals surface area contributed by atoms with Crippen LogP contribution in [0.3, 0.4) is 0 Å². The molecule has 4 nitrogen and oxygen atoms in total. The number of aryl methyl sites for hydroxylation is 1. The van der Waals surface area contributed by atoms with Gasteiger partial charge in [-0.2, -0.15) is 0 Å². The number of hydrogen-bond acceptors (Lipinski definition) is 3. The van der Waals surface area contributed by atoms with Gasteiger partial charge in [0.25, 0.3) is 5.91 Å². The molecular weight excluding hydrogens is 398 g/mol. The molecule has 0 aliphatic rings. The van der Waals surface area contributed by atoms with E-state index in [1.807, 2.05) is 72.8 Å². The fourth-order valence-corrected chi connectivity index (χ4v) is 3.77. The first-order valence-corrected chi connectivity index (χ1v) is 10.4. The van der Waals surface area contributed by atoms with Crippen molar-refractivity contribution >= 4 is 11.6 Å². The molecule has 0 aliphatic carbocycles. The third kappa shape index (κ3) is 4.35. The standard InChI is InChI=1S/C28H25NO3/c1-19-16-24(20-10-6-4-7-11-20)25(29-28(30)21-12-8-5-9-13-21)18-23(19)22-14-15-26(31-2)27(17-22)32-3/h4-18H,1-3H3,(H,29,30). The van der Waals surface area contributed by atoms with E-state index >= 15 is 0 Å². The summed E-state index contributed by atoms with van der Waals surface area (Å²) in [5, 5.41) is 3.12. The molecule has 0 radical (unpaired) electrons. The lowest BCUT2D eigenvalue weighted by Crippen LogP contribution is -2.12. The zero-order valence-electron chi connectivity index (χ0n) is 18.4. The van der Waals surface area contributed by atoms with E-state index in [4.69, 9.17) is 9.47 Å². The van der Waals surface area contributed by atoms with Crippen LogP contribution in [0.5, 0.6) is 11.5 Å². The van der Waals surface area contributed by atoms with Crippen LogP contribution in [0.25, 0.3) is 22.3 Å². The van der Waals surface area contributed by atoms with E-state index in [1.54, 1.807) is 26.4 Å². The molecular formula is C28H25NO3. The highest BCUT2D eigenvalue weighted by Gasteiger charge is 2.15. The van der Waals surface area contributed by atoms with Crippen LogP contribution in [-0.4, -0.2) is 20.1 Å². The summed E-state index contributed by atoms with van der Waals surface area (Å²) in [6.07, 6.45) is 0. The number of methoxy groups -OCH3 is 2. The van der Waals surface area contributed by atoms with Crippen molar-refractivity contribution in [2.24, 2.45) is 0 Å². The highest BCUT2D eigenvalue weighted by atomic mass is 16.5. The van der Waals surface area contributed by atoms with Crippen molar-refractivity contribution in [1.82, 2.24) is 0 Å². The molecule has 4 rings (SSSR count). The van der Waals surface area contributed by atoms with Gasteiger partial charge in [0.15, 0.2) is 11.5 Å². The first-order chi connectivity index (χ1) is 15.6. The van der Waals surface area contributed by atoms with Gasteiger partial charge < -0.3 is 14.8 Å². The lowest BCUT2D eigenvalue weighted by atomic mass is 9.93. The van der Waals surface area contributed by atoms with Crippen molar-refractivity contribution in [3.63, 3.8) is 0 Å². The van der Waals surface area contributed by atoms with Crippen molar-refractivity contribution in [3.8, 4) is 33.8 Å². The molecule has 0 saturated carbocycles. The number of benzene rings is 4. The molecule has 0 aromatic heterocycles. The molecule has 160 valence electrons. The Bertz CT molecular complexity index is 1230. The van der Waals surface area contributed by atoms with E-state index in [0.717, 1.165) is 33.5 Å². The van der Waals surface area contributed by atoms with E-state index in [0.29, 0.717) is 17.1 Å². The van der Waals surface area contributed by atoms with Crippen molar-refractivity contribution in [3.05, 3.63) is 102 Å². The summed E-state index contributed by atoms with van der Waals surface area (Å²) < 4.78 is 10.9. The Morgan fingerprint density at radius 3 is 2.00 bits per heavy atom. The van der Waals surface area contributed by atoms with E-state index in [-0.39, 0.29) is 5.91 Å². The van der Waals surface area contributed by atoms with Crippen LogP contribution in [0, 0.1) is 6.92 Å². The van der Waals surface area contributed by atoms with Crippen molar-refractivity contribution in [2.75, 3.05) is 19.5 Å². The average molecular weight is 424 g/mol. The molecule has 0 bridgehead atoms. The van der Waals surface area contributed by atoms with Gasteiger partial charge in [0, 0.05) is 16.8 Å². The minimum atomic E-state index is -0.148. The van der Waals surface area contributed by atoms with Gasteiger partial charge >= 0.3 is 0 Å². The minimum Gasteiger partial charge on any atom is -0.493 e. The Labute approximate surface area is 188 Å². The lowest BCUT2D eigenvalue weighted by molar-refractivity contribution is 0.102. The van der Waals surface area contributed by atoms with Crippen LogP contribution < -0.4 is 14.8 Å². The molecule has 0 unspecified atom stereocenters. The summed E-state index contributed by atoms with van der Waals surface area (Å²) in [5.41, 5.74) is 6.45. The van der Waals surface area contributed by atoms with Crippen LogP contribution in [0.4, 0.5) is 5.69 Å². The number of nitrogens with one attached hydrogen (secondary N) is 1. The molecule has 0 saturated heterocycles. The topological polar surface area (TPSA) is 47.6 Å². The molecule has 4 heteroatoms. The van der Waals surface area contributed by atoms with E-state index in [2.05, 4.69) is 18.3 Å². The van der Waals surface area contributed by atoms with Crippen LogP contribution in [0.2, 0.25) is 0 Å². The summed E-state index contributed by atoms with van der Waals surface area (Å²) in [4.78, 5) is 13.0. The number of carbonyl (C=O) groups excluding carboxylic acids is 1. The van der Waals surface area contributed by atoms with Crippen LogP contribution >= 0.6 is 0 Å². The minimum absolute atomic E-state index is 0.148. The second-order valence-corrected chi connectivity index (χ2v) is 7.47. The van der Waals surface area contributed by atoms with E-state index in [1.165, 1.54) is 0 Å². The Morgan fingerprint density at radius 2 is 1.34 bits per heavy atom. The largest absolute Gasteiger partial charge is 0.493 e. The Kier molecular flexibility index (Phi) is 6.22. The Balaban J connectivity index is 1.83. The maximum Gasteiger partial charge on any atom is 0.255 e. The maximum atomic E-state index is 13.0. The quantitative estimate of drug-likeness (QED) is 0.380. The monoisotopic (exact) mass is 423 g/mol. The van der Waals surface area contributed by atoms with Crippen molar-refractivity contribution in [2.45, 2.75) is 6.92 Å². The van der Waals surface area contributed by atoms with Crippen molar-refractivity contribution in [1.29, 1.82) is 0 Å². The summed E-state index contributed by atoms with van der Waals surface area (Å²) in [7, 11) is 3.24. The molecule has 0 aliphatic heterocycles. The van der Waals surface area contributed by atoms with Gasteiger partial charge in [-0.25, -0.2) is 0 Å². The van der Waals surface area contributed by atoms with Gasteiger partial charge in [-0.3, -0.25) is 4.79 Å². The Hall–Kier alpha value is -4.05. The lowest BCUT2D eigenvalue weighted by Gasteiger charge is -2.17. The van der Waals surface area contributed by atoms with E-state index < -0.39 is 0 Å². The number of anilines is 1. The summed E-state index contributed by atoms with van der Waals surface area (Å²) in [5.74, 6) is 1.18. The van der Waals surface area contributed by atoms with Gasteiger partial charge in [0.2, 0.25) is 0 Å². The first-order valence-electron chi connectivity index (χ1n) is 10.4. The average Bonchev–Trinajstić information content (AvgIpc) is 2.85. The normalized spacial score (nSPS) is 10.5. The predicted octanol–water partition coefficient (Wildman–Crippen LogP) is 6.60. The van der Waals surface area contributed by atoms with E-state index in [9.17, 15) is 4.79 Å². The fourth-order valence-electron chi connectivity index (χ4n) is 3.77. The number of ether oxygens (including phenoxy) is 2. The highest BCUT2D eigenvalue weighted by Crippen LogP contribution is 2.38. The first kappa shape index (κ1) is 21.2. The molecule has 0 spiro atoms. The molecule has 1 N–H and O–H groups in total. The maximum absolute atomic E-state index is 13.0. The summed E-state index contributed by atoms with van der Waals surface area (Å²) >= 11 is 0. The summed E-state index contributed by atoms with van der Waals surface area (Å²) in [6, 6.07) is 29.3. The number of carbonyl (C=O) groups is 1. The number of rotatable bonds is 6. The van der Waals surface area contributed by atoms with Crippen molar-refractivity contribution < 1.29 is 14.3 Å². The van der Waals surface area contributed by atoms with Crippen LogP contribution in [0.1, 0.15) is 15.9 Å². The fraction of sp³-hybridized carbons (Fsp3) is 0.107. The zero-order chi connectivity index (χ0) is 22.5. The zero-order valence-corrected chi connectivity index (χ0v) is 18.4. The third-order valence-corrected chi connectivity index (χ3v) is 5.43. The SMILES string of the molecule is COc1ccc(-c2cc(NC(=O)c3ccccc3)c(-c3ccccc3)cc2C)cc1OC. The third-order valence-electron chi connectivity index (χ3n) is 5.43. The molecule has 0 heterocycles.